The van der Waals surface area contributed by atoms with E-state index in [4.69, 9.17) is 19.9 Å². The third-order valence-electron chi connectivity index (χ3n) is 2.86. The lowest BCUT2D eigenvalue weighted by Gasteiger charge is -2.20. The van der Waals surface area contributed by atoms with Gasteiger partial charge in [0.2, 0.25) is 0 Å². The van der Waals surface area contributed by atoms with E-state index < -0.39 is 6.10 Å². The average Bonchev–Trinajstić information content (AvgIpc) is 2.47. The first kappa shape index (κ1) is 16.3. The van der Waals surface area contributed by atoms with Crippen molar-refractivity contribution in [3.05, 3.63) is 23.8 Å². The van der Waals surface area contributed by atoms with Gasteiger partial charge in [0.15, 0.2) is 17.6 Å². The van der Waals surface area contributed by atoms with Crippen molar-refractivity contribution in [3.63, 3.8) is 0 Å². The summed E-state index contributed by atoms with van der Waals surface area (Å²) in [5.74, 6) is 0.727. The van der Waals surface area contributed by atoms with Crippen LogP contribution in [-0.2, 0) is 16.1 Å². The first-order valence-electron chi connectivity index (χ1n) is 6.87. The van der Waals surface area contributed by atoms with Crippen molar-refractivity contribution in [2.45, 2.75) is 39.3 Å². The van der Waals surface area contributed by atoms with Gasteiger partial charge in [0.25, 0.3) is 0 Å². The summed E-state index contributed by atoms with van der Waals surface area (Å²) in [4.78, 5) is 11.9. The SMILES string of the molecule is CCCC(Oc1c(CN)cccc1OC)C(=O)OCC. The molecular formula is C15H23NO4. The van der Waals surface area contributed by atoms with E-state index >= 15 is 0 Å². The number of carbonyl (C=O) groups is 1. The Labute approximate surface area is 120 Å². The zero-order valence-electron chi connectivity index (χ0n) is 12.3. The Morgan fingerprint density at radius 1 is 1.35 bits per heavy atom. The molecule has 0 aliphatic heterocycles. The molecular weight excluding hydrogens is 258 g/mol. The van der Waals surface area contributed by atoms with Gasteiger partial charge in [0, 0.05) is 12.1 Å². The molecule has 0 amide bonds. The summed E-state index contributed by atoms with van der Waals surface area (Å²) in [5, 5.41) is 0. The monoisotopic (exact) mass is 281 g/mol. The third-order valence-corrected chi connectivity index (χ3v) is 2.86. The molecule has 1 unspecified atom stereocenters. The van der Waals surface area contributed by atoms with Crippen LogP contribution >= 0.6 is 0 Å². The van der Waals surface area contributed by atoms with Crippen LogP contribution < -0.4 is 15.2 Å². The van der Waals surface area contributed by atoms with Crippen molar-refractivity contribution in [2.75, 3.05) is 13.7 Å². The fraction of sp³-hybridized carbons (Fsp3) is 0.533. The second kappa shape index (κ2) is 8.43. The molecule has 112 valence electrons. The van der Waals surface area contributed by atoms with E-state index in [2.05, 4.69) is 0 Å². The molecule has 0 aliphatic carbocycles. The molecule has 1 aromatic carbocycles. The molecule has 0 saturated heterocycles. The zero-order chi connectivity index (χ0) is 15.0. The van der Waals surface area contributed by atoms with Crippen LogP contribution in [0.15, 0.2) is 18.2 Å². The number of hydrogen-bond donors (Lipinski definition) is 1. The largest absolute Gasteiger partial charge is 0.493 e. The molecule has 0 fully saturated rings. The highest BCUT2D eigenvalue weighted by Crippen LogP contribution is 2.32. The Kier molecular flexibility index (Phi) is 6.87. The Morgan fingerprint density at radius 3 is 2.65 bits per heavy atom. The molecule has 0 bridgehead atoms. The van der Waals surface area contributed by atoms with Gasteiger partial charge < -0.3 is 19.9 Å². The lowest BCUT2D eigenvalue weighted by Crippen LogP contribution is -2.30. The van der Waals surface area contributed by atoms with E-state index in [1.54, 1.807) is 20.1 Å². The highest BCUT2D eigenvalue weighted by atomic mass is 16.6. The summed E-state index contributed by atoms with van der Waals surface area (Å²) in [6.45, 7) is 4.41. The number of benzene rings is 1. The molecule has 0 heterocycles. The summed E-state index contributed by atoms with van der Waals surface area (Å²) < 4.78 is 16.1. The van der Waals surface area contributed by atoms with Crippen LogP contribution in [0.3, 0.4) is 0 Å². The molecule has 1 aromatic rings. The number of carbonyl (C=O) groups excluding carboxylic acids is 1. The Bertz CT molecular complexity index is 412. The van der Waals surface area contributed by atoms with E-state index in [1.807, 2.05) is 19.1 Å². The van der Waals surface area contributed by atoms with Crippen LogP contribution in [0, 0.1) is 0 Å². The average molecular weight is 281 g/mol. The minimum Gasteiger partial charge on any atom is -0.493 e. The summed E-state index contributed by atoms with van der Waals surface area (Å²) in [7, 11) is 1.56. The lowest BCUT2D eigenvalue weighted by atomic mass is 10.1. The Balaban J connectivity index is 3.00. The minimum atomic E-state index is -0.637. The number of ether oxygens (including phenoxy) is 3. The van der Waals surface area contributed by atoms with Crippen LogP contribution in [-0.4, -0.2) is 25.8 Å². The van der Waals surface area contributed by atoms with E-state index in [0.29, 0.717) is 31.1 Å². The number of para-hydroxylation sites is 1. The van der Waals surface area contributed by atoms with Crippen LogP contribution in [0.25, 0.3) is 0 Å². The fourth-order valence-electron chi connectivity index (χ4n) is 1.88. The van der Waals surface area contributed by atoms with Crippen LogP contribution in [0.2, 0.25) is 0 Å². The van der Waals surface area contributed by atoms with Gasteiger partial charge in [-0.1, -0.05) is 25.5 Å². The van der Waals surface area contributed by atoms with Gasteiger partial charge in [-0.15, -0.1) is 0 Å². The molecule has 0 saturated carbocycles. The predicted molar refractivity (Wildman–Crippen MR) is 76.8 cm³/mol. The highest BCUT2D eigenvalue weighted by molar-refractivity contribution is 5.75. The van der Waals surface area contributed by atoms with Crippen molar-refractivity contribution >= 4 is 5.97 Å². The van der Waals surface area contributed by atoms with Crippen LogP contribution in [0.5, 0.6) is 11.5 Å². The molecule has 1 atom stereocenters. The summed E-state index contributed by atoms with van der Waals surface area (Å²) in [6, 6.07) is 5.47. The number of methoxy groups -OCH3 is 1. The van der Waals surface area contributed by atoms with Crippen LogP contribution in [0.4, 0.5) is 0 Å². The van der Waals surface area contributed by atoms with Crippen molar-refractivity contribution in [3.8, 4) is 11.5 Å². The zero-order valence-corrected chi connectivity index (χ0v) is 12.3. The van der Waals surface area contributed by atoms with Crippen molar-refractivity contribution in [1.82, 2.24) is 0 Å². The predicted octanol–water partition coefficient (Wildman–Crippen LogP) is 2.26. The second-order valence-corrected chi connectivity index (χ2v) is 4.30. The first-order valence-corrected chi connectivity index (χ1v) is 6.87. The first-order chi connectivity index (χ1) is 9.67. The maximum absolute atomic E-state index is 11.9. The van der Waals surface area contributed by atoms with Gasteiger partial charge in [-0.2, -0.15) is 0 Å². The summed E-state index contributed by atoms with van der Waals surface area (Å²) in [5.41, 5.74) is 6.51. The summed E-state index contributed by atoms with van der Waals surface area (Å²) >= 11 is 0. The maximum Gasteiger partial charge on any atom is 0.347 e. The van der Waals surface area contributed by atoms with E-state index in [1.165, 1.54) is 0 Å². The molecule has 0 aromatic heterocycles. The van der Waals surface area contributed by atoms with Gasteiger partial charge in [-0.25, -0.2) is 4.79 Å². The molecule has 0 spiro atoms. The standard InChI is InChI=1S/C15H23NO4/c1-4-7-13(15(17)19-5-2)20-14-11(10-16)8-6-9-12(14)18-3/h6,8-9,13H,4-5,7,10,16H2,1-3H3. The molecule has 0 aliphatic rings. The van der Waals surface area contributed by atoms with Crippen LogP contribution in [0.1, 0.15) is 32.3 Å². The topological polar surface area (TPSA) is 70.8 Å². The lowest BCUT2D eigenvalue weighted by molar-refractivity contribution is -0.151. The molecule has 5 nitrogen and oxygen atoms in total. The number of esters is 1. The van der Waals surface area contributed by atoms with Gasteiger partial charge in [-0.3, -0.25) is 0 Å². The van der Waals surface area contributed by atoms with Gasteiger partial charge in [-0.05, 0) is 19.4 Å². The van der Waals surface area contributed by atoms with Gasteiger partial charge in [0.05, 0.1) is 13.7 Å². The number of rotatable bonds is 8. The highest BCUT2D eigenvalue weighted by Gasteiger charge is 2.23. The molecule has 1 rings (SSSR count). The maximum atomic E-state index is 11.9. The van der Waals surface area contributed by atoms with E-state index in [0.717, 1.165) is 12.0 Å². The third kappa shape index (κ3) is 4.13. The molecule has 20 heavy (non-hydrogen) atoms. The van der Waals surface area contributed by atoms with Crippen molar-refractivity contribution in [1.29, 1.82) is 0 Å². The second-order valence-electron chi connectivity index (χ2n) is 4.30. The molecule has 0 radical (unpaired) electrons. The van der Waals surface area contributed by atoms with E-state index in [9.17, 15) is 4.79 Å². The minimum absolute atomic E-state index is 0.314. The van der Waals surface area contributed by atoms with Crippen molar-refractivity contribution in [2.24, 2.45) is 5.73 Å². The quantitative estimate of drug-likeness (QED) is 0.740. The smallest absolute Gasteiger partial charge is 0.347 e. The van der Waals surface area contributed by atoms with Crippen molar-refractivity contribution < 1.29 is 19.0 Å². The Hall–Kier alpha value is -1.75. The molecule has 5 heteroatoms. The van der Waals surface area contributed by atoms with Gasteiger partial charge in [0.1, 0.15) is 0 Å². The normalized spacial score (nSPS) is 11.8. The number of hydrogen-bond acceptors (Lipinski definition) is 5. The van der Waals surface area contributed by atoms with E-state index in [-0.39, 0.29) is 5.97 Å². The van der Waals surface area contributed by atoms with Gasteiger partial charge >= 0.3 is 5.97 Å². The Morgan fingerprint density at radius 2 is 2.10 bits per heavy atom. The number of nitrogens with two attached hydrogens (primary N) is 1. The fourth-order valence-corrected chi connectivity index (χ4v) is 1.88. The molecule has 2 N–H and O–H groups in total. The summed E-state index contributed by atoms with van der Waals surface area (Å²) in [6.07, 6.45) is 0.763.